The Morgan fingerprint density at radius 3 is 2.59 bits per heavy atom. The lowest BCUT2D eigenvalue weighted by atomic mass is 9.65. The van der Waals surface area contributed by atoms with Crippen molar-refractivity contribution in [1.29, 1.82) is 0 Å². The summed E-state index contributed by atoms with van der Waals surface area (Å²) in [4.78, 5) is 11.4. The second-order valence-corrected chi connectivity index (χ2v) is 6.75. The van der Waals surface area contributed by atoms with Gasteiger partial charge >= 0.3 is 5.97 Å². The molecule has 100 valence electrons. The highest BCUT2D eigenvalue weighted by Gasteiger charge is 2.53. The van der Waals surface area contributed by atoms with Crippen molar-refractivity contribution in [3.05, 3.63) is 0 Å². The molecule has 0 spiro atoms. The summed E-state index contributed by atoms with van der Waals surface area (Å²) in [5.74, 6) is 0.0672. The third-order valence-corrected chi connectivity index (χ3v) is 5.22. The van der Waals surface area contributed by atoms with Crippen molar-refractivity contribution in [2.75, 3.05) is 11.5 Å². The molecule has 2 unspecified atom stereocenters. The summed E-state index contributed by atoms with van der Waals surface area (Å²) in [6.45, 7) is 6.03. The molecule has 1 saturated heterocycles. The van der Waals surface area contributed by atoms with Crippen LogP contribution in [0.5, 0.6) is 0 Å². The number of unbranched alkanes of at least 4 members (excludes halogenated alkanes) is 1. The maximum absolute atomic E-state index is 11.4. The molecule has 0 aromatic heterocycles. The predicted molar refractivity (Wildman–Crippen MR) is 71.3 cm³/mol. The average molecular weight is 260 g/mol. The van der Waals surface area contributed by atoms with Gasteiger partial charge in [-0.3, -0.25) is 4.79 Å². The zero-order chi connectivity index (χ0) is 13.1. The van der Waals surface area contributed by atoms with Gasteiger partial charge in [0, 0.05) is 5.75 Å². The molecular formula is C13H24O3S. The minimum atomic E-state index is -1.07. The van der Waals surface area contributed by atoms with E-state index in [1.165, 1.54) is 0 Å². The monoisotopic (exact) mass is 260 g/mol. The van der Waals surface area contributed by atoms with E-state index in [0.29, 0.717) is 12.2 Å². The number of aliphatic carboxylic acids is 1. The molecule has 0 amide bonds. The molecule has 0 aromatic rings. The third-order valence-electron chi connectivity index (χ3n) is 4.09. The lowest BCUT2D eigenvalue weighted by molar-refractivity contribution is -0.163. The molecule has 17 heavy (non-hydrogen) atoms. The first-order chi connectivity index (χ1) is 7.85. The molecule has 1 fully saturated rings. The van der Waals surface area contributed by atoms with E-state index in [9.17, 15) is 15.0 Å². The van der Waals surface area contributed by atoms with Gasteiger partial charge in [-0.1, -0.05) is 33.6 Å². The second kappa shape index (κ2) is 5.61. The Balaban J connectivity index is 2.92. The molecule has 0 aliphatic carbocycles. The van der Waals surface area contributed by atoms with Gasteiger partial charge in [0.05, 0.1) is 11.5 Å². The quantitative estimate of drug-likeness (QED) is 0.798. The summed E-state index contributed by atoms with van der Waals surface area (Å²) in [7, 11) is 0. The zero-order valence-corrected chi connectivity index (χ0v) is 11.8. The molecule has 1 rings (SSSR count). The third kappa shape index (κ3) is 2.97. The highest BCUT2D eigenvalue weighted by molar-refractivity contribution is 7.99. The van der Waals surface area contributed by atoms with Crippen LogP contribution >= 0.6 is 11.8 Å². The number of thioether (sulfide) groups is 1. The van der Waals surface area contributed by atoms with Crippen LogP contribution in [0.15, 0.2) is 0 Å². The number of hydrogen-bond acceptors (Lipinski definition) is 3. The Kier molecular flexibility index (Phi) is 4.90. The van der Waals surface area contributed by atoms with Crippen molar-refractivity contribution in [1.82, 2.24) is 0 Å². The molecule has 3 nitrogen and oxygen atoms in total. The van der Waals surface area contributed by atoms with Crippen LogP contribution in [0.3, 0.4) is 0 Å². The number of carbonyl (C=O) groups is 1. The van der Waals surface area contributed by atoms with E-state index in [4.69, 9.17) is 0 Å². The van der Waals surface area contributed by atoms with E-state index in [0.717, 1.165) is 25.0 Å². The van der Waals surface area contributed by atoms with Gasteiger partial charge in [-0.25, -0.2) is 0 Å². The average Bonchev–Trinajstić information content (AvgIpc) is 2.23. The van der Waals surface area contributed by atoms with Gasteiger partial charge in [0.25, 0.3) is 0 Å². The Morgan fingerprint density at radius 1 is 1.47 bits per heavy atom. The number of aliphatic hydroxyl groups is 1. The topological polar surface area (TPSA) is 57.5 Å². The maximum Gasteiger partial charge on any atom is 0.309 e. The van der Waals surface area contributed by atoms with Crippen LogP contribution in [0.25, 0.3) is 0 Å². The molecule has 1 aliphatic heterocycles. The molecule has 1 heterocycles. The van der Waals surface area contributed by atoms with Gasteiger partial charge in [0.2, 0.25) is 0 Å². The highest BCUT2D eigenvalue weighted by atomic mass is 32.2. The van der Waals surface area contributed by atoms with Gasteiger partial charge in [-0.2, -0.15) is 11.8 Å². The number of carboxylic acid groups (broad SMARTS) is 1. The van der Waals surface area contributed by atoms with Crippen molar-refractivity contribution in [3.8, 4) is 0 Å². The normalized spacial score (nSPS) is 29.9. The Labute approximate surface area is 108 Å². The van der Waals surface area contributed by atoms with E-state index in [1.54, 1.807) is 11.8 Å². The SMILES string of the molecule is CCCCC(C(=O)O)C1(O)CSCCC1(C)C. The Morgan fingerprint density at radius 2 is 2.12 bits per heavy atom. The van der Waals surface area contributed by atoms with Crippen LogP contribution in [-0.4, -0.2) is 33.3 Å². The Bertz CT molecular complexity index is 278. The standard InChI is InChI=1S/C13H24O3S/c1-4-5-6-10(11(14)15)13(16)9-17-8-7-12(13,2)3/h10,16H,4-9H2,1-3H3,(H,14,15). The van der Waals surface area contributed by atoms with Gasteiger partial charge in [0.15, 0.2) is 0 Å². The van der Waals surface area contributed by atoms with Crippen LogP contribution in [-0.2, 0) is 4.79 Å². The second-order valence-electron chi connectivity index (χ2n) is 5.64. The largest absolute Gasteiger partial charge is 0.481 e. The molecule has 0 radical (unpaired) electrons. The van der Waals surface area contributed by atoms with E-state index >= 15 is 0 Å². The van der Waals surface area contributed by atoms with E-state index in [1.807, 2.05) is 20.8 Å². The fraction of sp³-hybridized carbons (Fsp3) is 0.923. The molecule has 0 aromatic carbocycles. The molecular weight excluding hydrogens is 236 g/mol. The van der Waals surface area contributed by atoms with Crippen molar-refractivity contribution >= 4 is 17.7 Å². The summed E-state index contributed by atoms with van der Waals surface area (Å²) >= 11 is 1.67. The highest BCUT2D eigenvalue weighted by Crippen LogP contribution is 2.47. The van der Waals surface area contributed by atoms with E-state index in [-0.39, 0.29) is 5.41 Å². The minimum absolute atomic E-state index is 0.310. The summed E-state index contributed by atoms with van der Waals surface area (Å²) in [5.41, 5.74) is -1.38. The first-order valence-electron chi connectivity index (χ1n) is 6.38. The zero-order valence-electron chi connectivity index (χ0n) is 11.0. The molecule has 2 N–H and O–H groups in total. The van der Waals surface area contributed by atoms with E-state index < -0.39 is 17.5 Å². The van der Waals surface area contributed by atoms with Gasteiger partial charge in [0.1, 0.15) is 0 Å². The van der Waals surface area contributed by atoms with Gasteiger partial charge < -0.3 is 10.2 Å². The van der Waals surface area contributed by atoms with Crippen LogP contribution in [0.2, 0.25) is 0 Å². The molecule has 1 aliphatic rings. The first-order valence-corrected chi connectivity index (χ1v) is 7.53. The number of hydrogen-bond donors (Lipinski definition) is 2. The van der Waals surface area contributed by atoms with Crippen LogP contribution in [0.1, 0.15) is 46.5 Å². The predicted octanol–water partition coefficient (Wildman–Crippen LogP) is 2.77. The summed E-state index contributed by atoms with van der Waals surface area (Å²) < 4.78 is 0. The smallest absolute Gasteiger partial charge is 0.309 e. The van der Waals surface area contributed by atoms with Crippen LogP contribution in [0.4, 0.5) is 0 Å². The lowest BCUT2D eigenvalue weighted by Crippen LogP contribution is -2.57. The van der Waals surface area contributed by atoms with Crippen molar-refractivity contribution in [2.45, 2.75) is 52.1 Å². The minimum Gasteiger partial charge on any atom is -0.481 e. The molecule has 2 atom stereocenters. The van der Waals surface area contributed by atoms with Gasteiger partial charge in [-0.15, -0.1) is 0 Å². The van der Waals surface area contributed by atoms with Crippen molar-refractivity contribution in [3.63, 3.8) is 0 Å². The van der Waals surface area contributed by atoms with Crippen LogP contribution in [0, 0.1) is 11.3 Å². The summed E-state index contributed by atoms with van der Waals surface area (Å²) in [5, 5.41) is 20.2. The van der Waals surface area contributed by atoms with Gasteiger partial charge in [-0.05, 0) is 24.0 Å². The summed E-state index contributed by atoms with van der Waals surface area (Å²) in [6.07, 6.45) is 3.28. The molecule has 0 bridgehead atoms. The lowest BCUT2D eigenvalue weighted by Gasteiger charge is -2.49. The number of carboxylic acids is 1. The van der Waals surface area contributed by atoms with Crippen molar-refractivity contribution < 1.29 is 15.0 Å². The molecule has 4 heteroatoms. The molecule has 0 saturated carbocycles. The Hall–Kier alpha value is -0.220. The first kappa shape index (κ1) is 14.8. The fourth-order valence-corrected chi connectivity index (χ4v) is 4.22. The summed E-state index contributed by atoms with van der Waals surface area (Å²) in [6, 6.07) is 0. The fourth-order valence-electron chi connectivity index (χ4n) is 2.51. The maximum atomic E-state index is 11.4. The van der Waals surface area contributed by atoms with Crippen LogP contribution < -0.4 is 0 Å². The van der Waals surface area contributed by atoms with Crippen molar-refractivity contribution in [2.24, 2.45) is 11.3 Å². The number of rotatable bonds is 5. The van der Waals surface area contributed by atoms with E-state index in [2.05, 4.69) is 0 Å².